The number of hydrogen-bond acceptors (Lipinski definition) is 4. The van der Waals surface area contributed by atoms with Crippen LogP contribution in [0.3, 0.4) is 0 Å². The summed E-state index contributed by atoms with van der Waals surface area (Å²) in [4.78, 5) is 46.6. The molecule has 0 radical (unpaired) electrons. The molecule has 1 spiro atoms. The molecule has 4 heterocycles. The monoisotopic (exact) mass is 399 g/mol. The second-order valence-electron chi connectivity index (χ2n) is 8.59. The van der Waals surface area contributed by atoms with Crippen molar-refractivity contribution in [1.29, 1.82) is 0 Å². The van der Waals surface area contributed by atoms with Gasteiger partial charge in [-0.2, -0.15) is 0 Å². The molecule has 156 valence electrons. The highest BCUT2D eigenvalue weighted by molar-refractivity contribution is 5.90. The second kappa shape index (κ2) is 8.00. The Bertz CT molecular complexity index is 776. The zero-order chi connectivity index (χ0) is 20.4. The number of hydrogen-bond donors (Lipinski definition) is 1. The van der Waals surface area contributed by atoms with Gasteiger partial charge in [-0.1, -0.05) is 6.07 Å². The number of rotatable bonds is 4. The fourth-order valence-electron chi connectivity index (χ4n) is 4.73. The average Bonchev–Trinajstić information content (AvgIpc) is 3.08. The van der Waals surface area contributed by atoms with Gasteiger partial charge in [-0.05, 0) is 36.8 Å². The van der Waals surface area contributed by atoms with Gasteiger partial charge in [0.2, 0.25) is 11.8 Å². The second-order valence-corrected chi connectivity index (χ2v) is 8.59. The molecule has 3 saturated heterocycles. The zero-order valence-corrected chi connectivity index (χ0v) is 17.0. The van der Waals surface area contributed by atoms with Crippen LogP contribution in [-0.4, -0.2) is 83.3 Å². The smallest absolute Gasteiger partial charge is 0.317 e. The highest BCUT2D eigenvalue weighted by Gasteiger charge is 2.43. The molecule has 0 saturated carbocycles. The maximum Gasteiger partial charge on any atom is 0.317 e. The molecular weight excluding hydrogens is 370 g/mol. The number of pyridine rings is 1. The fraction of sp³-hybridized carbons (Fsp3) is 0.619. The Balaban J connectivity index is 1.32. The van der Waals surface area contributed by atoms with E-state index in [1.165, 1.54) is 0 Å². The van der Waals surface area contributed by atoms with Gasteiger partial charge in [0.25, 0.3) is 0 Å². The van der Waals surface area contributed by atoms with Crippen LogP contribution in [-0.2, 0) is 16.0 Å². The minimum absolute atomic E-state index is 0.0106. The molecule has 29 heavy (non-hydrogen) atoms. The highest BCUT2D eigenvalue weighted by atomic mass is 16.2. The Labute approximate surface area is 171 Å². The lowest BCUT2D eigenvalue weighted by Gasteiger charge is -2.47. The first-order valence-electron chi connectivity index (χ1n) is 10.4. The molecule has 1 unspecified atom stereocenters. The van der Waals surface area contributed by atoms with Gasteiger partial charge < -0.3 is 20.0 Å². The molecule has 3 aliphatic rings. The standard InChI is InChI=1S/C21H29N5O3/c1-24-14-17(23-20(24)29)19(28)25-12-8-21(9-13-25)7-5-18(27)26(15-21)11-6-16-4-2-3-10-22-16/h2-4,10,17H,5-9,11-15H2,1H3,(H,23,29). The Hall–Kier alpha value is -2.64. The molecule has 1 aromatic rings. The van der Waals surface area contributed by atoms with E-state index in [4.69, 9.17) is 0 Å². The molecule has 0 aliphatic carbocycles. The number of nitrogens with zero attached hydrogens (tertiary/aromatic N) is 4. The molecule has 4 rings (SSSR count). The molecule has 3 fully saturated rings. The number of aromatic nitrogens is 1. The number of nitrogens with one attached hydrogen (secondary N) is 1. The Morgan fingerprint density at radius 2 is 2.03 bits per heavy atom. The molecule has 8 nitrogen and oxygen atoms in total. The van der Waals surface area contributed by atoms with Crippen LogP contribution in [0.2, 0.25) is 0 Å². The summed E-state index contributed by atoms with van der Waals surface area (Å²) in [7, 11) is 1.70. The number of urea groups is 1. The number of likely N-dealkylation sites (tertiary alicyclic amines) is 2. The van der Waals surface area contributed by atoms with Gasteiger partial charge in [-0.3, -0.25) is 14.6 Å². The largest absolute Gasteiger partial charge is 0.342 e. The predicted octanol–water partition coefficient (Wildman–Crippen LogP) is 0.879. The van der Waals surface area contributed by atoms with E-state index in [1.807, 2.05) is 28.0 Å². The van der Waals surface area contributed by atoms with Crippen LogP contribution in [0.1, 0.15) is 31.4 Å². The van der Waals surface area contributed by atoms with Crippen molar-refractivity contribution in [3.05, 3.63) is 30.1 Å². The van der Waals surface area contributed by atoms with E-state index in [9.17, 15) is 14.4 Å². The van der Waals surface area contributed by atoms with Crippen molar-refractivity contribution < 1.29 is 14.4 Å². The topological polar surface area (TPSA) is 85.8 Å². The number of amides is 4. The molecule has 0 bridgehead atoms. The van der Waals surface area contributed by atoms with E-state index in [1.54, 1.807) is 18.1 Å². The van der Waals surface area contributed by atoms with E-state index in [0.29, 0.717) is 32.6 Å². The fourth-order valence-corrected chi connectivity index (χ4v) is 4.73. The van der Waals surface area contributed by atoms with E-state index in [-0.39, 0.29) is 23.3 Å². The molecule has 3 aliphatic heterocycles. The first-order chi connectivity index (χ1) is 14.0. The lowest BCUT2D eigenvalue weighted by atomic mass is 9.72. The van der Waals surface area contributed by atoms with E-state index in [2.05, 4.69) is 10.3 Å². The van der Waals surface area contributed by atoms with Crippen molar-refractivity contribution in [3.8, 4) is 0 Å². The lowest BCUT2D eigenvalue weighted by Crippen LogP contribution is -2.55. The molecule has 1 N–H and O–H groups in total. The van der Waals surface area contributed by atoms with Gasteiger partial charge in [0.15, 0.2) is 0 Å². The van der Waals surface area contributed by atoms with Crippen molar-refractivity contribution >= 4 is 17.8 Å². The Morgan fingerprint density at radius 1 is 1.24 bits per heavy atom. The van der Waals surface area contributed by atoms with Crippen LogP contribution >= 0.6 is 0 Å². The Kier molecular flexibility index (Phi) is 5.43. The van der Waals surface area contributed by atoms with Crippen LogP contribution in [0.15, 0.2) is 24.4 Å². The molecule has 4 amide bonds. The maximum absolute atomic E-state index is 12.8. The van der Waals surface area contributed by atoms with Crippen molar-refractivity contribution in [1.82, 2.24) is 25.0 Å². The van der Waals surface area contributed by atoms with Crippen LogP contribution in [0.25, 0.3) is 0 Å². The van der Waals surface area contributed by atoms with Gasteiger partial charge in [-0.15, -0.1) is 0 Å². The van der Waals surface area contributed by atoms with Gasteiger partial charge >= 0.3 is 6.03 Å². The molecule has 0 aromatic carbocycles. The van der Waals surface area contributed by atoms with Gasteiger partial charge in [0.1, 0.15) is 6.04 Å². The Morgan fingerprint density at radius 3 is 2.69 bits per heavy atom. The predicted molar refractivity (Wildman–Crippen MR) is 107 cm³/mol. The number of carbonyl (C=O) groups is 3. The van der Waals surface area contributed by atoms with E-state index < -0.39 is 6.04 Å². The third-order valence-electron chi connectivity index (χ3n) is 6.65. The first-order valence-corrected chi connectivity index (χ1v) is 10.4. The number of likely N-dealkylation sites (N-methyl/N-ethyl adjacent to an activating group) is 1. The third kappa shape index (κ3) is 4.21. The summed E-state index contributed by atoms with van der Waals surface area (Å²) in [5.41, 5.74) is 1.11. The summed E-state index contributed by atoms with van der Waals surface area (Å²) >= 11 is 0. The average molecular weight is 399 g/mol. The summed E-state index contributed by atoms with van der Waals surface area (Å²) < 4.78 is 0. The quantitative estimate of drug-likeness (QED) is 0.814. The van der Waals surface area contributed by atoms with Crippen LogP contribution in [0, 0.1) is 5.41 Å². The first kappa shape index (κ1) is 19.7. The van der Waals surface area contributed by atoms with Crippen molar-refractivity contribution in [3.63, 3.8) is 0 Å². The van der Waals surface area contributed by atoms with Gasteiger partial charge in [-0.25, -0.2) is 4.79 Å². The van der Waals surface area contributed by atoms with Crippen LogP contribution < -0.4 is 5.32 Å². The minimum atomic E-state index is -0.440. The number of piperidine rings is 2. The summed E-state index contributed by atoms with van der Waals surface area (Å²) in [5, 5.41) is 2.75. The molecule has 1 atom stereocenters. The summed E-state index contributed by atoms with van der Waals surface area (Å²) in [6.45, 7) is 3.27. The minimum Gasteiger partial charge on any atom is -0.342 e. The summed E-state index contributed by atoms with van der Waals surface area (Å²) in [6.07, 6.45) is 5.84. The summed E-state index contributed by atoms with van der Waals surface area (Å²) in [5.74, 6) is 0.234. The van der Waals surface area contributed by atoms with Crippen LogP contribution in [0.4, 0.5) is 4.79 Å². The van der Waals surface area contributed by atoms with Crippen molar-refractivity contribution in [2.24, 2.45) is 5.41 Å². The highest BCUT2D eigenvalue weighted by Crippen LogP contribution is 2.40. The van der Waals surface area contributed by atoms with Crippen molar-refractivity contribution in [2.45, 2.75) is 38.1 Å². The molecule has 8 heteroatoms. The summed E-state index contributed by atoms with van der Waals surface area (Å²) in [6, 6.07) is 5.23. The molecule has 1 aromatic heterocycles. The van der Waals surface area contributed by atoms with Crippen LogP contribution in [0.5, 0.6) is 0 Å². The lowest BCUT2D eigenvalue weighted by molar-refractivity contribution is -0.143. The van der Waals surface area contributed by atoms with Gasteiger partial charge in [0.05, 0.1) is 6.54 Å². The third-order valence-corrected chi connectivity index (χ3v) is 6.65. The number of carbonyl (C=O) groups excluding carboxylic acids is 3. The normalized spacial score (nSPS) is 24.2. The van der Waals surface area contributed by atoms with E-state index in [0.717, 1.165) is 37.9 Å². The van der Waals surface area contributed by atoms with Gasteiger partial charge in [0, 0.05) is 58.0 Å². The van der Waals surface area contributed by atoms with Crippen molar-refractivity contribution in [2.75, 3.05) is 39.8 Å². The SMILES string of the molecule is CN1CC(C(=O)N2CCC3(CCC(=O)N(CCc4ccccn4)C3)CC2)NC1=O. The van der Waals surface area contributed by atoms with E-state index >= 15 is 0 Å². The zero-order valence-electron chi connectivity index (χ0n) is 17.0. The molecular formula is C21H29N5O3. The maximum atomic E-state index is 12.8.